The third-order valence-electron chi connectivity index (χ3n) is 2.95. The van der Waals surface area contributed by atoms with Gasteiger partial charge in [0, 0.05) is 18.1 Å². The molecule has 0 aliphatic heterocycles. The van der Waals surface area contributed by atoms with Gasteiger partial charge in [-0.2, -0.15) is 0 Å². The van der Waals surface area contributed by atoms with Crippen LogP contribution in [0, 0.1) is 5.92 Å². The van der Waals surface area contributed by atoms with Crippen LogP contribution < -0.4 is 11.1 Å². The molecule has 2 rings (SSSR count). The lowest BCUT2D eigenvalue weighted by molar-refractivity contribution is 0.0957. The molecular formula is C14H19N3OS. The number of hydrogen-bond donors (Lipinski definition) is 2. The SMILES string of the molecule is CC(C)CCCNC(=O)c1sc2ncccc2c1N. The van der Waals surface area contributed by atoms with Gasteiger partial charge in [0.05, 0.1) is 5.69 Å². The van der Waals surface area contributed by atoms with Crippen LogP contribution in [0.15, 0.2) is 18.3 Å². The molecule has 0 unspecified atom stereocenters. The van der Waals surface area contributed by atoms with Gasteiger partial charge in [0.2, 0.25) is 0 Å². The Morgan fingerprint density at radius 1 is 1.53 bits per heavy atom. The number of nitrogen functional groups attached to an aromatic ring is 1. The lowest BCUT2D eigenvalue weighted by Crippen LogP contribution is -2.24. The highest BCUT2D eigenvalue weighted by atomic mass is 32.1. The molecule has 19 heavy (non-hydrogen) atoms. The Hall–Kier alpha value is -1.62. The van der Waals surface area contributed by atoms with Gasteiger partial charge in [-0.1, -0.05) is 13.8 Å². The minimum atomic E-state index is -0.0933. The Balaban J connectivity index is 2.03. The first-order valence-electron chi connectivity index (χ1n) is 6.50. The van der Waals surface area contributed by atoms with Gasteiger partial charge in [-0.25, -0.2) is 4.98 Å². The Labute approximate surface area is 117 Å². The summed E-state index contributed by atoms with van der Waals surface area (Å²) in [6.45, 7) is 5.05. The molecule has 0 fully saturated rings. The van der Waals surface area contributed by atoms with E-state index in [4.69, 9.17) is 5.73 Å². The highest BCUT2D eigenvalue weighted by Gasteiger charge is 2.16. The monoisotopic (exact) mass is 277 g/mol. The van der Waals surface area contributed by atoms with Crippen molar-refractivity contribution in [2.75, 3.05) is 12.3 Å². The minimum absolute atomic E-state index is 0.0933. The van der Waals surface area contributed by atoms with Crippen molar-refractivity contribution < 1.29 is 4.79 Å². The number of nitrogens with two attached hydrogens (primary N) is 1. The lowest BCUT2D eigenvalue weighted by Gasteiger charge is -2.06. The average molecular weight is 277 g/mol. The van der Waals surface area contributed by atoms with Gasteiger partial charge in [-0.05, 0) is 30.9 Å². The van der Waals surface area contributed by atoms with Crippen LogP contribution in [-0.4, -0.2) is 17.4 Å². The number of aromatic nitrogens is 1. The summed E-state index contributed by atoms with van der Waals surface area (Å²) in [5, 5.41) is 3.78. The molecule has 0 aliphatic carbocycles. The summed E-state index contributed by atoms with van der Waals surface area (Å²) in [5.74, 6) is 0.569. The molecule has 2 aromatic rings. The van der Waals surface area contributed by atoms with E-state index in [9.17, 15) is 4.79 Å². The van der Waals surface area contributed by atoms with E-state index in [2.05, 4.69) is 24.1 Å². The maximum atomic E-state index is 12.1. The predicted molar refractivity (Wildman–Crippen MR) is 80.4 cm³/mol. The predicted octanol–water partition coefficient (Wildman–Crippen LogP) is 3.04. The fourth-order valence-corrected chi connectivity index (χ4v) is 2.89. The first-order chi connectivity index (χ1) is 9.09. The summed E-state index contributed by atoms with van der Waals surface area (Å²) in [4.78, 5) is 17.7. The average Bonchev–Trinajstić information content (AvgIpc) is 2.72. The van der Waals surface area contributed by atoms with E-state index in [0.29, 0.717) is 23.0 Å². The number of nitrogens with zero attached hydrogens (tertiary/aromatic N) is 1. The van der Waals surface area contributed by atoms with Gasteiger partial charge in [-0.15, -0.1) is 11.3 Å². The van der Waals surface area contributed by atoms with Crippen LogP contribution in [0.25, 0.3) is 10.2 Å². The zero-order chi connectivity index (χ0) is 13.8. The fraction of sp³-hybridized carbons (Fsp3) is 0.429. The van der Waals surface area contributed by atoms with Crippen LogP contribution in [0.3, 0.4) is 0 Å². The van der Waals surface area contributed by atoms with Gasteiger partial charge in [-0.3, -0.25) is 4.79 Å². The molecule has 2 heterocycles. The van der Waals surface area contributed by atoms with Gasteiger partial charge in [0.15, 0.2) is 0 Å². The molecule has 0 bridgehead atoms. The Bertz CT molecular complexity index is 577. The second-order valence-corrected chi connectivity index (χ2v) is 5.99. The number of amides is 1. The van der Waals surface area contributed by atoms with E-state index in [1.165, 1.54) is 11.3 Å². The summed E-state index contributed by atoms with van der Waals surface area (Å²) < 4.78 is 0. The Morgan fingerprint density at radius 3 is 3.00 bits per heavy atom. The van der Waals surface area contributed by atoms with Crippen molar-refractivity contribution in [3.63, 3.8) is 0 Å². The van der Waals surface area contributed by atoms with Gasteiger partial charge >= 0.3 is 0 Å². The van der Waals surface area contributed by atoms with Crippen LogP contribution in [0.2, 0.25) is 0 Å². The summed E-state index contributed by atoms with van der Waals surface area (Å²) in [7, 11) is 0. The van der Waals surface area contributed by atoms with E-state index in [-0.39, 0.29) is 5.91 Å². The summed E-state index contributed by atoms with van der Waals surface area (Å²) >= 11 is 1.35. The van der Waals surface area contributed by atoms with E-state index >= 15 is 0 Å². The van der Waals surface area contributed by atoms with Gasteiger partial charge in [0.25, 0.3) is 5.91 Å². The third kappa shape index (κ3) is 3.23. The molecular weight excluding hydrogens is 258 g/mol. The summed E-state index contributed by atoms with van der Waals surface area (Å²) in [5.41, 5.74) is 6.54. The number of rotatable bonds is 5. The second-order valence-electron chi connectivity index (χ2n) is 4.99. The quantitative estimate of drug-likeness (QED) is 0.825. The number of anilines is 1. The normalized spacial score (nSPS) is 11.1. The maximum Gasteiger partial charge on any atom is 0.263 e. The van der Waals surface area contributed by atoms with E-state index in [1.807, 2.05) is 12.1 Å². The van der Waals surface area contributed by atoms with Crippen molar-refractivity contribution in [3.8, 4) is 0 Å². The molecule has 3 N–H and O–H groups in total. The molecule has 4 nitrogen and oxygen atoms in total. The zero-order valence-electron chi connectivity index (χ0n) is 11.3. The first-order valence-corrected chi connectivity index (χ1v) is 7.32. The van der Waals surface area contributed by atoms with Crippen molar-refractivity contribution in [1.29, 1.82) is 0 Å². The molecule has 0 aliphatic rings. The highest BCUT2D eigenvalue weighted by molar-refractivity contribution is 7.21. The molecule has 0 saturated carbocycles. The molecule has 0 saturated heterocycles. The summed E-state index contributed by atoms with van der Waals surface area (Å²) in [6, 6.07) is 3.72. The van der Waals surface area contributed by atoms with Crippen molar-refractivity contribution >= 4 is 33.1 Å². The number of carbonyl (C=O) groups is 1. The second kappa shape index (κ2) is 6.02. The summed E-state index contributed by atoms with van der Waals surface area (Å²) in [6.07, 6.45) is 3.82. The molecule has 0 aromatic carbocycles. The lowest BCUT2D eigenvalue weighted by atomic mass is 10.1. The van der Waals surface area contributed by atoms with Crippen molar-refractivity contribution in [3.05, 3.63) is 23.2 Å². The number of thiophene rings is 1. The van der Waals surface area contributed by atoms with Crippen LogP contribution in [0.5, 0.6) is 0 Å². The number of fused-ring (bicyclic) bond motifs is 1. The zero-order valence-corrected chi connectivity index (χ0v) is 12.1. The number of nitrogens with one attached hydrogen (secondary N) is 1. The minimum Gasteiger partial charge on any atom is -0.397 e. The molecule has 2 aromatic heterocycles. The molecule has 102 valence electrons. The number of pyridine rings is 1. The van der Waals surface area contributed by atoms with E-state index in [1.54, 1.807) is 6.20 Å². The number of hydrogen-bond acceptors (Lipinski definition) is 4. The smallest absolute Gasteiger partial charge is 0.263 e. The van der Waals surface area contributed by atoms with Crippen LogP contribution in [0.4, 0.5) is 5.69 Å². The van der Waals surface area contributed by atoms with Crippen molar-refractivity contribution in [2.24, 2.45) is 5.92 Å². The fourth-order valence-electron chi connectivity index (χ4n) is 1.91. The Morgan fingerprint density at radius 2 is 2.32 bits per heavy atom. The van der Waals surface area contributed by atoms with E-state index < -0.39 is 0 Å². The molecule has 1 amide bonds. The van der Waals surface area contributed by atoms with Crippen LogP contribution in [-0.2, 0) is 0 Å². The van der Waals surface area contributed by atoms with Gasteiger partial charge < -0.3 is 11.1 Å². The highest BCUT2D eigenvalue weighted by Crippen LogP contribution is 2.31. The molecule has 0 radical (unpaired) electrons. The molecule has 5 heteroatoms. The van der Waals surface area contributed by atoms with Crippen molar-refractivity contribution in [1.82, 2.24) is 10.3 Å². The molecule has 0 spiro atoms. The van der Waals surface area contributed by atoms with Gasteiger partial charge in [0.1, 0.15) is 9.71 Å². The van der Waals surface area contributed by atoms with Crippen LogP contribution >= 0.6 is 11.3 Å². The maximum absolute atomic E-state index is 12.1. The number of carbonyl (C=O) groups excluding carboxylic acids is 1. The standard InChI is InChI=1S/C14H19N3OS/c1-9(2)5-3-7-16-13(18)12-11(15)10-6-4-8-17-14(10)19-12/h4,6,8-9H,3,5,7,15H2,1-2H3,(H,16,18). The first kappa shape index (κ1) is 13.8. The Kier molecular flexibility index (Phi) is 4.37. The van der Waals surface area contributed by atoms with Crippen LogP contribution in [0.1, 0.15) is 36.4 Å². The molecule has 0 atom stereocenters. The topological polar surface area (TPSA) is 68.0 Å². The third-order valence-corrected chi connectivity index (χ3v) is 4.08. The van der Waals surface area contributed by atoms with E-state index in [0.717, 1.165) is 23.1 Å². The largest absolute Gasteiger partial charge is 0.397 e. The van der Waals surface area contributed by atoms with Crippen molar-refractivity contribution in [2.45, 2.75) is 26.7 Å².